The van der Waals surface area contributed by atoms with Gasteiger partial charge in [-0.15, -0.1) is 0 Å². The highest BCUT2D eigenvalue weighted by atomic mass is 16.6. The summed E-state index contributed by atoms with van der Waals surface area (Å²) in [6, 6.07) is 16.4. The lowest BCUT2D eigenvalue weighted by Gasteiger charge is -2.11. The van der Waals surface area contributed by atoms with Crippen LogP contribution in [-0.2, 0) is 9.53 Å². The minimum atomic E-state index is -0.731. The summed E-state index contributed by atoms with van der Waals surface area (Å²) in [7, 11) is 0. The molecule has 1 amide bonds. The first-order valence-electron chi connectivity index (χ1n) is 9.58. The lowest BCUT2D eigenvalue weighted by molar-refractivity contribution is -0.384. The van der Waals surface area contributed by atoms with E-state index in [2.05, 4.69) is 10.3 Å². The summed E-state index contributed by atoms with van der Waals surface area (Å²) in [5.41, 5.74) is 1.56. The van der Waals surface area contributed by atoms with Crippen molar-refractivity contribution in [1.29, 1.82) is 0 Å². The van der Waals surface area contributed by atoms with E-state index in [4.69, 9.17) is 9.15 Å². The Morgan fingerprint density at radius 2 is 1.94 bits per heavy atom. The maximum Gasteiger partial charge on any atom is 0.339 e. The van der Waals surface area contributed by atoms with Crippen LogP contribution in [0.4, 0.5) is 11.4 Å². The van der Waals surface area contributed by atoms with Crippen molar-refractivity contribution < 1.29 is 23.7 Å². The summed E-state index contributed by atoms with van der Waals surface area (Å²) >= 11 is 0. The number of aromatic nitrogens is 1. The van der Waals surface area contributed by atoms with Crippen LogP contribution in [0.1, 0.15) is 15.9 Å². The van der Waals surface area contributed by atoms with Crippen LogP contribution in [0.2, 0.25) is 0 Å². The van der Waals surface area contributed by atoms with Crippen molar-refractivity contribution in [3.63, 3.8) is 0 Å². The molecule has 0 bridgehead atoms. The first-order chi connectivity index (χ1) is 15.4. The Bertz CT molecular complexity index is 1330. The number of carbonyl (C=O) groups excluding carboxylic acids is 2. The molecule has 2 heterocycles. The topological polar surface area (TPSA) is 125 Å². The van der Waals surface area contributed by atoms with E-state index in [1.165, 1.54) is 24.5 Å². The van der Waals surface area contributed by atoms with Crippen LogP contribution >= 0.6 is 0 Å². The fraction of sp³-hybridized carbons (Fsp3) is 0.0870. The number of nitro groups is 1. The maximum atomic E-state index is 12.8. The van der Waals surface area contributed by atoms with Crippen molar-refractivity contribution in [2.75, 3.05) is 11.9 Å². The predicted octanol–water partition coefficient (Wildman–Crippen LogP) is 4.51. The molecule has 0 unspecified atom stereocenters. The quantitative estimate of drug-likeness (QED) is 0.271. The van der Waals surface area contributed by atoms with Crippen LogP contribution in [0.3, 0.4) is 0 Å². The second-order valence-corrected chi connectivity index (χ2v) is 6.90. The van der Waals surface area contributed by atoms with Gasteiger partial charge in [-0.3, -0.25) is 14.9 Å². The Kier molecular flexibility index (Phi) is 5.63. The van der Waals surface area contributed by atoms with Gasteiger partial charge >= 0.3 is 5.97 Å². The third kappa shape index (κ3) is 4.17. The molecule has 32 heavy (non-hydrogen) atoms. The Morgan fingerprint density at radius 1 is 1.12 bits per heavy atom. The molecule has 0 aliphatic rings. The lowest BCUT2D eigenvalue weighted by atomic mass is 10.1. The van der Waals surface area contributed by atoms with Crippen LogP contribution in [0.25, 0.3) is 22.4 Å². The van der Waals surface area contributed by atoms with Crippen LogP contribution < -0.4 is 5.32 Å². The van der Waals surface area contributed by atoms with Crippen LogP contribution in [0.5, 0.6) is 0 Å². The molecular weight excluding hydrogens is 414 g/mol. The monoisotopic (exact) mass is 431 g/mol. The molecule has 0 saturated heterocycles. The number of benzene rings is 2. The van der Waals surface area contributed by atoms with Gasteiger partial charge in [-0.2, -0.15) is 0 Å². The maximum absolute atomic E-state index is 12.8. The van der Waals surface area contributed by atoms with Gasteiger partial charge in [-0.1, -0.05) is 30.3 Å². The summed E-state index contributed by atoms with van der Waals surface area (Å²) in [6.45, 7) is 1.02. The molecule has 9 heteroatoms. The van der Waals surface area contributed by atoms with Crippen molar-refractivity contribution in [1.82, 2.24) is 4.98 Å². The van der Waals surface area contributed by atoms with Crippen molar-refractivity contribution in [3.05, 3.63) is 88.2 Å². The second-order valence-electron chi connectivity index (χ2n) is 6.90. The van der Waals surface area contributed by atoms with E-state index in [0.717, 1.165) is 0 Å². The normalized spacial score (nSPS) is 10.7. The number of nitro benzene ring substituents is 1. The van der Waals surface area contributed by atoms with Gasteiger partial charge in [0, 0.05) is 11.5 Å². The zero-order chi connectivity index (χ0) is 22.7. The summed E-state index contributed by atoms with van der Waals surface area (Å²) < 4.78 is 10.6. The molecule has 0 saturated carbocycles. The molecular formula is C23H17N3O6. The molecule has 0 atom stereocenters. The molecule has 0 aliphatic heterocycles. The predicted molar refractivity (Wildman–Crippen MR) is 116 cm³/mol. The summed E-state index contributed by atoms with van der Waals surface area (Å²) in [6.07, 6.45) is 1.50. The fourth-order valence-corrected chi connectivity index (χ4v) is 3.25. The lowest BCUT2D eigenvalue weighted by Crippen LogP contribution is -2.22. The first kappa shape index (κ1) is 20.7. The van der Waals surface area contributed by atoms with Gasteiger partial charge in [0.15, 0.2) is 12.4 Å². The number of para-hydroxylation sites is 2. The molecule has 2 aromatic carbocycles. The van der Waals surface area contributed by atoms with Crippen LogP contribution in [0, 0.1) is 17.0 Å². The second kappa shape index (κ2) is 8.68. The molecule has 0 radical (unpaired) electrons. The van der Waals surface area contributed by atoms with E-state index in [1.54, 1.807) is 49.4 Å². The number of amides is 1. The number of nitrogens with one attached hydrogen (secondary N) is 1. The number of ether oxygens (including phenoxy) is 1. The summed E-state index contributed by atoms with van der Waals surface area (Å²) in [5.74, 6) is -0.944. The number of pyridine rings is 1. The average molecular weight is 431 g/mol. The number of aryl methyl sites for hydroxylation is 1. The molecule has 0 aliphatic carbocycles. The average Bonchev–Trinajstić information content (AvgIpc) is 3.33. The zero-order valence-electron chi connectivity index (χ0n) is 16.9. The first-order valence-corrected chi connectivity index (χ1v) is 9.58. The molecule has 9 nitrogen and oxygen atoms in total. The minimum absolute atomic E-state index is 0.0630. The fourth-order valence-electron chi connectivity index (χ4n) is 3.25. The van der Waals surface area contributed by atoms with Gasteiger partial charge in [0.25, 0.3) is 11.6 Å². The van der Waals surface area contributed by atoms with Gasteiger partial charge in [-0.25, -0.2) is 9.78 Å². The standard InChI is InChI=1S/C23H17N3O6/c1-14-6-4-9-19(26(29)30)22(14)25-21(27)13-32-23(28)16-12-18(20-10-5-11-31-20)24-17-8-3-2-7-15(16)17/h2-12H,13H2,1H3,(H,25,27). The number of anilines is 1. The van der Waals surface area contributed by atoms with Gasteiger partial charge in [0.1, 0.15) is 11.4 Å². The molecule has 0 fully saturated rings. The molecule has 160 valence electrons. The Labute approximate surface area is 181 Å². The van der Waals surface area contributed by atoms with Crippen LogP contribution in [-0.4, -0.2) is 28.4 Å². The molecule has 4 aromatic rings. The Morgan fingerprint density at radius 3 is 2.69 bits per heavy atom. The number of hydrogen-bond acceptors (Lipinski definition) is 7. The summed E-state index contributed by atoms with van der Waals surface area (Å²) in [5, 5.41) is 14.2. The summed E-state index contributed by atoms with van der Waals surface area (Å²) in [4.78, 5) is 40.3. The van der Waals surface area contributed by atoms with E-state index in [1.807, 2.05) is 0 Å². The van der Waals surface area contributed by atoms with Crippen molar-refractivity contribution >= 4 is 34.2 Å². The van der Waals surface area contributed by atoms with Crippen LogP contribution in [0.15, 0.2) is 71.3 Å². The Hall–Kier alpha value is -4.53. The number of hydrogen-bond donors (Lipinski definition) is 1. The van der Waals surface area contributed by atoms with Gasteiger partial charge in [-0.05, 0) is 36.8 Å². The van der Waals surface area contributed by atoms with Crippen molar-refractivity contribution in [2.24, 2.45) is 0 Å². The molecule has 1 N–H and O–H groups in total. The smallest absolute Gasteiger partial charge is 0.339 e. The highest BCUT2D eigenvalue weighted by molar-refractivity contribution is 6.05. The number of esters is 1. The third-order valence-electron chi connectivity index (χ3n) is 4.76. The third-order valence-corrected chi connectivity index (χ3v) is 4.76. The molecule has 0 spiro atoms. The van der Waals surface area contributed by atoms with Gasteiger partial charge in [0.05, 0.1) is 22.3 Å². The van der Waals surface area contributed by atoms with E-state index in [9.17, 15) is 19.7 Å². The number of fused-ring (bicyclic) bond motifs is 1. The highest BCUT2D eigenvalue weighted by Gasteiger charge is 2.20. The van der Waals surface area contributed by atoms with E-state index < -0.39 is 23.4 Å². The number of furan rings is 1. The highest BCUT2D eigenvalue weighted by Crippen LogP contribution is 2.28. The van der Waals surface area contributed by atoms with Crippen molar-refractivity contribution in [3.8, 4) is 11.5 Å². The SMILES string of the molecule is Cc1cccc([N+](=O)[O-])c1NC(=O)COC(=O)c1cc(-c2ccco2)nc2ccccc12. The number of rotatable bonds is 6. The van der Waals surface area contributed by atoms with E-state index >= 15 is 0 Å². The zero-order valence-corrected chi connectivity index (χ0v) is 16.9. The number of nitrogens with zero attached hydrogens (tertiary/aromatic N) is 2. The molecule has 4 rings (SSSR count). The minimum Gasteiger partial charge on any atom is -0.463 e. The van der Waals surface area contributed by atoms with Gasteiger partial charge in [0.2, 0.25) is 0 Å². The van der Waals surface area contributed by atoms with E-state index in [-0.39, 0.29) is 16.9 Å². The largest absolute Gasteiger partial charge is 0.463 e. The number of carbonyl (C=O) groups is 2. The molecule has 2 aromatic heterocycles. The Balaban J connectivity index is 1.55. The van der Waals surface area contributed by atoms with Gasteiger partial charge < -0.3 is 14.5 Å². The van der Waals surface area contributed by atoms with Crippen molar-refractivity contribution in [2.45, 2.75) is 6.92 Å². The van der Waals surface area contributed by atoms with E-state index in [0.29, 0.717) is 27.9 Å².